The number of hydrogen-bond acceptors (Lipinski definition) is 8. The predicted octanol–water partition coefficient (Wildman–Crippen LogP) is -0.145. The summed E-state index contributed by atoms with van der Waals surface area (Å²) in [5.41, 5.74) is 0. The van der Waals surface area contributed by atoms with Crippen molar-refractivity contribution in [3.05, 3.63) is 18.7 Å². The fourth-order valence-electron chi connectivity index (χ4n) is 2.95. The quantitative estimate of drug-likeness (QED) is 0.830. The summed E-state index contributed by atoms with van der Waals surface area (Å²) in [6.45, 7) is 4.39. The van der Waals surface area contributed by atoms with E-state index in [2.05, 4.69) is 29.7 Å². The SMILES string of the molecule is OC1CCN(c2nc(N3CCOCC3)nc(-n3ccnc3)n2)CC1. The number of nitrogens with zero attached hydrogens (tertiary/aromatic N) is 7. The fourth-order valence-corrected chi connectivity index (χ4v) is 2.95. The van der Waals surface area contributed by atoms with Gasteiger partial charge in [0.05, 0.1) is 19.3 Å². The van der Waals surface area contributed by atoms with Gasteiger partial charge >= 0.3 is 0 Å². The van der Waals surface area contributed by atoms with Crippen molar-refractivity contribution < 1.29 is 9.84 Å². The van der Waals surface area contributed by atoms with Crippen molar-refractivity contribution >= 4 is 11.9 Å². The average molecular weight is 331 g/mol. The molecule has 2 saturated heterocycles. The largest absolute Gasteiger partial charge is 0.393 e. The number of ether oxygens (including phenoxy) is 1. The molecule has 2 fully saturated rings. The van der Waals surface area contributed by atoms with Crippen molar-refractivity contribution in [3.63, 3.8) is 0 Å². The van der Waals surface area contributed by atoms with Gasteiger partial charge in [-0.15, -0.1) is 0 Å². The van der Waals surface area contributed by atoms with E-state index in [0.29, 0.717) is 31.1 Å². The first-order valence-corrected chi connectivity index (χ1v) is 8.30. The van der Waals surface area contributed by atoms with Gasteiger partial charge < -0.3 is 19.6 Å². The second-order valence-electron chi connectivity index (χ2n) is 6.02. The molecule has 0 amide bonds. The minimum atomic E-state index is -0.227. The Balaban J connectivity index is 1.68. The van der Waals surface area contributed by atoms with Crippen molar-refractivity contribution in [2.75, 3.05) is 49.2 Å². The van der Waals surface area contributed by atoms with E-state index in [4.69, 9.17) is 4.74 Å². The number of hydrogen-bond donors (Lipinski definition) is 1. The van der Waals surface area contributed by atoms with E-state index >= 15 is 0 Å². The number of imidazole rings is 1. The second kappa shape index (κ2) is 6.70. The van der Waals surface area contributed by atoms with Gasteiger partial charge in [0.1, 0.15) is 6.33 Å². The van der Waals surface area contributed by atoms with Gasteiger partial charge in [-0.1, -0.05) is 0 Å². The number of anilines is 2. The van der Waals surface area contributed by atoms with Gasteiger partial charge in [-0.3, -0.25) is 4.57 Å². The molecule has 0 bridgehead atoms. The summed E-state index contributed by atoms with van der Waals surface area (Å²) in [7, 11) is 0. The van der Waals surface area contributed by atoms with Crippen molar-refractivity contribution in [1.82, 2.24) is 24.5 Å². The number of aliphatic hydroxyl groups excluding tert-OH is 1. The number of aromatic nitrogens is 5. The predicted molar refractivity (Wildman–Crippen MR) is 87.4 cm³/mol. The third kappa shape index (κ3) is 3.17. The van der Waals surface area contributed by atoms with Crippen LogP contribution in [0.3, 0.4) is 0 Å². The lowest BCUT2D eigenvalue weighted by Crippen LogP contribution is -2.39. The van der Waals surface area contributed by atoms with E-state index in [1.165, 1.54) is 0 Å². The van der Waals surface area contributed by atoms with Crippen LogP contribution in [0, 0.1) is 0 Å². The highest BCUT2D eigenvalue weighted by molar-refractivity contribution is 5.42. The maximum absolute atomic E-state index is 9.72. The van der Waals surface area contributed by atoms with Crippen LogP contribution in [0.2, 0.25) is 0 Å². The van der Waals surface area contributed by atoms with E-state index in [0.717, 1.165) is 39.0 Å². The molecule has 2 aliphatic rings. The van der Waals surface area contributed by atoms with Crippen LogP contribution in [-0.4, -0.2) is 75.1 Å². The lowest BCUT2D eigenvalue weighted by molar-refractivity contribution is 0.122. The van der Waals surface area contributed by atoms with Crippen LogP contribution in [0.1, 0.15) is 12.8 Å². The van der Waals surface area contributed by atoms with Gasteiger partial charge in [-0.25, -0.2) is 4.98 Å². The molecule has 0 radical (unpaired) electrons. The molecule has 0 atom stereocenters. The summed E-state index contributed by atoms with van der Waals surface area (Å²) in [5, 5.41) is 9.72. The molecule has 2 aliphatic heterocycles. The second-order valence-corrected chi connectivity index (χ2v) is 6.02. The highest BCUT2D eigenvalue weighted by atomic mass is 16.5. The summed E-state index contributed by atoms with van der Waals surface area (Å²) >= 11 is 0. The van der Waals surface area contributed by atoms with E-state index < -0.39 is 0 Å². The van der Waals surface area contributed by atoms with Gasteiger partial charge in [0.15, 0.2) is 0 Å². The van der Waals surface area contributed by atoms with Gasteiger partial charge in [0.2, 0.25) is 17.8 Å². The Hall–Kier alpha value is -2.26. The zero-order valence-corrected chi connectivity index (χ0v) is 13.5. The molecule has 2 aromatic heterocycles. The van der Waals surface area contributed by atoms with Crippen LogP contribution < -0.4 is 9.80 Å². The standard InChI is InChI=1S/C15H21N7O2/c23-12-1-4-20(5-2-12)13-17-14(21-7-9-24-10-8-21)19-15(18-13)22-6-3-16-11-22/h3,6,11-12,23H,1-2,4-5,7-10H2. The van der Waals surface area contributed by atoms with Crippen molar-refractivity contribution in [2.24, 2.45) is 0 Å². The lowest BCUT2D eigenvalue weighted by Gasteiger charge is -2.31. The molecule has 9 nitrogen and oxygen atoms in total. The van der Waals surface area contributed by atoms with Crippen LogP contribution in [0.5, 0.6) is 0 Å². The van der Waals surface area contributed by atoms with Crippen LogP contribution in [0.25, 0.3) is 5.95 Å². The molecule has 9 heteroatoms. The first-order valence-electron chi connectivity index (χ1n) is 8.30. The Morgan fingerprint density at radius 3 is 2.17 bits per heavy atom. The monoisotopic (exact) mass is 331 g/mol. The normalized spacial score (nSPS) is 19.7. The summed E-state index contributed by atoms with van der Waals surface area (Å²) in [6.07, 6.45) is 6.45. The van der Waals surface area contributed by atoms with Gasteiger partial charge in [-0.05, 0) is 12.8 Å². The topological polar surface area (TPSA) is 92.4 Å². The van der Waals surface area contributed by atoms with Gasteiger partial charge in [0.25, 0.3) is 0 Å². The molecule has 0 aromatic carbocycles. The van der Waals surface area contributed by atoms with E-state index in [1.807, 2.05) is 6.20 Å². The van der Waals surface area contributed by atoms with Crippen LogP contribution in [0.4, 0.5) is 11.9 Å². The fraction of sp³-hybridized carbons (Fsp3) is 0.600. The molecular formula is C15H21N7O2. The van der Waals surface area contributed by atoms with E-state index in [1.54, 1.807) is 17.1 Å². The number of piperidine rings is 1. The zero-order chi connectivity index (χ0) is 16.4. The lowest BCUT2D eigenvalue weighted by atomic mass is 10.1. The van der Waals surface area contributed by atoms with E-state index in [9.17, 15) is 5.11 Å². The molecule has 128 valence electrons. The molecule has 0 unspecified atom stereocenters. The van der Waals surface area contributed by atoms with Crippen LogP contribution in [0.15, 0.2) is 18.7 Å². The Morgan fingerprint density at radius 1 is 0.917 bits per heavy atom. The summed E-state index contributed by atoms with van der Waals surface area (Å²) < 4.78 is 7.20. The Kier molecular flexibility index (Phi) is 4.26. The number of rotatable bonds is 3. The van der Waals surface area contributed by atoms with Gasteiger partial charge in [0, 0.05) is 38.6 Å². The first-order chi connectivity index (χ1) is 11.8. The molecule has 4 heterocycles. The molecular weight excluding hydrogens is 310 g/mol. The minimum Gasteiger partial charge on any atom is -0.393 e. The van der Waals surface area contributed by atoms with Crippen molar-refractivity contribution in [1.29, 1.82) is 0 Å². The van der Waals surface area contributed by atoms with Gasteiger partial charge in [-0.2, -0.15) is 15.0 Å². The summed E-state index contributed by atoms with van der Waals surface area (Å²) in [6, 6.07) is 0. The summed E-state index contributed by atoms with van der Waals surface area (Å²) in [4.78, 5) is 22.2. The molecule has 2 aromatic rings. The molecule has 1 N–H and O–H groups in total. The molecule has 0 saturated carbocycles. The van der Waals surface area contributed by atoms with E-state index in [-0.39, 0.29) is 6.10 Å². The van der Waals surface area contributed by atoms with Crippen molar-refractivity contribution in [3.8, 4) is 5.95 Å². The summed E-state index contributed by atoms with van der Waals surface area (Å²) in [5.74, 6) is 1.88. The Labute approximate surface area is 139 Å². The molecule has 0 spiro atoms. The molecule has 4 rings (SSSR count). The molecule has 0 aliphatic carbocycles. The molecule has 24 heavy (non-hydrogen) atoms. The highest BCUT2D eigenvalue weighted by Crippen LogP contribution is 2.20. The zero-order valence-electron chi connectivity index (χ0n) is 13.5. The third-order valence-corrected chi connectivity index (χ3v) is 4.38. The Morgan fingerprint density at radius 2 is 1.54 bits per heavy atom. The third-order valence-electron chi connectivity index (χ3n) is 4.38. The first kappa shape index (κ1) is 15.3. The highest BCUT2D eigenvalue weighted by Gasteiger charge is 2.23. The average Bonchev–Trinajstić information content (AvgIpc) is 3.17. The Bertz CT molecular complexity index is 664. The number of aliphatic hydroxyl groups is 1. The smallest absolute Gasteiger partial charge is 0.241 e. The minimum absolute atomic E-state index is 0.227. The van der Waals surface area contributed by atoms with Crippen molar-refractivity contribution in [2.45, 2.75) is 18.9 Å². The number of morpholine rings is 1. The van der Waals surface area contributed by atoms with Crippen LogP contribution >= 0.6 is 0 Å². The van der Waals surface area contributed by atoms with Crippen LogP contribution in [-0.2, 0) is 4.74 Å². The maximum Gasteiger partial charge on any atom is 0.241 e. The maximum atomic E-state index is 9.72.